The van der Waals surface area contributed by atoms with Crippen molar-refractivity contribution in [3.63, 3.8) is 0 Å². The van der Waals surface area contributed by atoms with Gasteiger partial charge in [0, 0.05) is 21.8 Å². The van der Waals surface area contributed by atoms with Crippen LogP contribution in [0.5, 0.6) is 0 Å². The van der Waals surface area contributed by atoms with Gasteiger partial charge in [0.1, 0.15) is 7.05 Å². The van der Waals surface area contributed by atoms with Crippen molar-refractivity contribution in [1.82, 2.24) is 0 Å². The molecule has 1 aromatic carbocycles. The molecule has 0 radical (unpaired) electrons. The van der Waals surface area contributed by atoms with E-state index in [9.17, 15) is 0 Å². The summed E-state index contributed by atoms with van der Waals surface area (Å²) >= 11 is 0. The first-order chi connectivity index (χ1) is 11.1. The van der Waals surface area contributed by atoms with Crippen molar-refractivity contribution >= 4 is 0 Å². The Morgan fingerprint density at radius 2 is 1.86 bits per heavy atom. The summed E-state index contributed by atoms with van der Waals surface area (Å²) in [5.74, 6) is 0. The fraction of sp³-hybridized carbons (Fsp3) is 0.450. The van der Waals surface area contributed by atoms with Gasteiger partial charge in [0.2, 0.25) is 5.69 Å². The molecular formula is C20H28N+. The van der Waals surface area contributed by atoms with Gasteiger partial charge >= 0.3 is 0 Å². The number of aromatic nitrogens is 1. The Kier molecular flexibility index (Phi) is 3.42. The second-order valence-electron chi connectivity index (χ2n) is 6.21. The van der Waals surface area contributed by atoms with Crippen molar-refractivity contribution in [2.45, 2.75) is 52.8 Å². The van der Waals surface area contributed by atoms with Gasteiger partial charge in [-0.15, -0.1) is 0 Å². The third-order valence-corrected chi connectivity index (χ3v) is 4.92. The van der Waals surface area contributed by atoms with Crippen LogP contribution in [0.25, 0.3) is 11.3 Å². The number of rotatable bonds is 4. The zero-order chi connectivity index (χ0) is 18.1. The Labute approximate surface area is 133 Å². The molecule has 1 heterocycles. The second kappa shape index (κ2) is 6.01. The molecule has 0 saturated heterocycles. The fourth-order valence-corrected chi connectivity index (χ4v) is 2.77. The van der Waals surface area contributed by atoms with Crippen molar-refractivity contribution in [3.05, 3.63) is 53.2 Å². The second-order valence-corrected chi connectivity index (χ2v) is 6.21. The molecule has 0 spiro atoms. The number of hydrogen-bond acceptors (Lipinski definition) is 0. The molecule has 0 aliphatic carbocycles. The van der Waals surface area contributed by atoms with Gasteiger partial charge in [-0.05, 0) is 49.2 Å². The summed E-state index contributed by atoms with van der Waals surface area (Å²) in [5, 5.41) is 0. The van der Waals surface area contributed by atoms with Crippen LogP contribution in [0, 0.1) is 13.8 Å². The molecule has 21 heavy (non-hydrogen) atoms. The van der Waals surface area contributed by atoms with Crippen molar-refractivity contribution in [3.8, 4) is 11.3 Å². The number of pyridine rings is 1. The number of aryl methyl sites for hydroxylation is 3. The smallest absolute Gasteiger partial charge is 0.201 e. The lowest BCUT2D eigenvalue weighted by molar-refractivity contribution is -0.660. The summed E-state index contributed by atoms with van der Waals surface area (Å²) in [4.78, 5) is 0. The van der Waals surface area contributed by atoms with Gasteiger partial charge < -0.3 is 0 Å². The Morgan fingerprint density at radius 3 is 2.48 bits per heavy atom. The molecular weight excluding hydrogens is 254 g/mol. The highest BCUT2D eigenvalue weighted by Gasteiger charge is 2.25. The zero-order valence-corrected chi connectivity index (χ0v) is 13.8. The maximum Gasteiger partial charge on any atom is 0.212 e. The third-order valence-electron chi connectivity index (χ3n) is 4.92. The summed E-state index contributed by atoms with van der Waals surface area (Å²) in [6, 6.07) is 9.83. The predicted octanol–water partition coefficient (Wildman–Crippen LogP) is 4.87. The molecule has 0 atom stereocenters. The van der Waals surface area contributed by atoms with E-state index >= 15 is 0 Å². The summed E-state index contributed by atoms with van der Waals surface area (Å²) in [6.45, 7) is 6.68. The van der Waals surface area contributed by atoms with Gasteiger partial charge in [-0.1, -0.05) is 38.5 Å². The average molecular weight is 285 g/mol. The van der Waals surface area contributed by atoms with Gasteiger partial charge in [0.15, 0.2) is 6.20 Å². The summed E-state index contributed by atoms with van der Waals surface area (Å²) in [5.41, 5.74) is 4.97. The van der Waals surface area contributed by atoms with E-state index in [-0.39, 0.29) is 5.41 Å². The van der Waals surface area contributed by atoms with E-state index in [2.05, 4.69) is 43.7 Å². The molecule has 0 amide bonds. The summed E-state index contributed by atoms with van der Waals surface area (Å²) < 4.78 is 25.1. The van der Waals surface area contributed by atoms with E-state index in [1.165, 1.54) is 5.56 Å². The van der Waals surface area contributed by atoms with E-state index in [4.69, 9.17) is 4.11 Å². The van der Waals surface area contributed by atoms with E-state index in [1.807, 2.05) is 26.1 Å². The SMILES string of the molecule is [2H]C([2H])([2H])c1ccc(C)c(-c2cc(C(C)(CC)CC)cc[n+]2C)c1. The minimum Gasteiger partial charge on any atom is -0.201 e. The Hall–Kier alpha value is -1.63. The van der Waals surface area contributed by atoms with Crippen LogP contribution in [0.1, 0.15) is 54.4 Å². The van der Waals surface area contributed by atoms with Gasteiger partial charge in [0.05, 0.1) is 0 Å². The number of hydrogen-bond donors (Lipinski definition) is 0. The van der Waals surface area contributed by atoms with E-state index in [0.29, 0.717) is 5.56 Å². The minimum atomic E-state index is -2.08. The quantitative estimate of drug-likeness (QED) is 0.705. The largest absolute Gasteiger partial charge is 0.212 e. The molecule has 0 N–H and O–H groups in total. The first-order valence-electron chi connectivity index (χ1n) is 9.24. The number of benzene rings is 1. The monoisotopic (exact) mass is 285 g/mol. The Balaban J connectivity index is 2.65. The van der Waals surface area contributed by atoms with Gasteiger partial charge in [-0.3, -0.25) is 0 Å². The van der Waals surface area contributed by atoms with E-state index in [1.54, 1.807) is 6.07 Å². The van der Waals surface area contributed by atoms with Crippen LogP contribution in [0.4, 0.5) is 0 Å². The van der Waals surface area contributed by atoms with Crippen molar-refractivity contribution < 1.29 is 8.68 Å². The third kappa shape index (κ3) is 3.02. The van der Waals surface area contributed by atoms with Crippen molar-refractivity contribution in [2.75, 3.05) is 0 Å². The molecule has 1 aromatic heterocycles. The standard InChI is InChI=1S/C20H28N/c1-7-20(5,8-2)17-11-12-21(6)19(14-17)18-13-15(3)9-10-16(18)4/h9-14H,7-8H2,1-6H3/q+1/i3D3. The van der Waals surface area contributed by atoms with Crippen LogP contribution in [0.3, 0.4) is 0 Å². The van der Waals surface area contributed by atoms with Gasteiger partial charge in [-0.2, -0.15) is 0 Å². The predicted molar refractivity (Wildman–Crippen MR) is 90.5 cm³/mol. The zero-order valence-electron chi connectivity index (χ0n) is 16.8. The average Bonchev–Trinajstić information content (AvgIpc) is 2.54. The van der Waals surface area contributed by atoms with Crippen molar-refractivity contribution in [1.29, 1.82) is 0 Å². The van der Waals surface area contributed by atoms with Gasteiger partial charge in [0.25, 0.3) is 0 Å². The summed E-state index contributed by atoms with van der Waals surface area (Å²) in [6.07, 6.45) is 4.23. The molecule has 0 unspecified atom stereocenters. The highest BCUT2D eigenvalue weighted by molar-refractivity contribution is 5.62. The highest BCUT2D eigenvalue weighted by Crippen LogP contribution is 2.32. The Bertz CT molecular complexity index is 728. The van der Waals surface area contributed by atoms with Crippen LogP contribution in [-0.4, -0.2) is 0 Å². The molecule has 1 nitrogen and oxygen atoms in total. The lowest BCUT2D eigenvalue weighted by Gasteiger charge is -2.27. The molecule has 0 aliphatic heterocycles. The van der Waals surface area contributed by atoms with Crippen LogP contribution in [0.15, 0.2) is 36.5 Å². The first-order valence-corrected chi connectivity index (χ1v) is 7.74. The van der Waals surface area contributed by atoms with Crippen LogP contribution < -0.4 is 4.57 Å². The van der Waals surface area contributed by atoms with E-state index < -0.39 is 6.85 Å². The molecule has 0 bridgehead atoms. The number of nitrogens with zero attached hydrogens (tertiary/aromatic N) is 1. The fourth-order valence-electron chi connectivity index (χ4n) is 2.77. The molecule has 0 fully saturated rings. The molecule has 1 heteroatoms. The topological polar surface area (TPSA) is 3.88 Å². The van der Waals surface area contributed by atoms with Crippen LogP contribution >= 0.6 is 0 Å². The van der Waals surface area contributed by atoms with Crippen LogP contribution in [-0.2, 0) is 12.5 Å². The normalized spacial score (nSPS) is 14.4. The summed E-state index contributed by atoms with van der Waals surface area (Å²) in [7, 11) is 2.01. The van der Waals surface area contributed by atoms with Crippen molar-refractivity contribution in [2.24, 2.45) is 7.05 Å². The molecule has 2 aromatic rings. The Morgan fingerprint density at radius 1 is 1.14 bits per heavy atom. The highest BCUT2D eigenvalue weighted by atomic mass is 14.9. The minimum absolute atomic E-state index is 0.137. The molecule has 112 valence electrons. The van der Waals surface area contributed by atoms with Gasteiger partial charge in [-0.25, -0.2) is 4.57 Å². The van der Waals surface area contributed by atoms with Crippen LogP contribution in [0.2, 0.25) is 0 Å². The lowest BCUT2D eigenvalue weighted by Crippen LogP contribution is -2.32. The molecule has 2 rings (SSSR count). The van der Waals surface area contributed by atoms with E-state index in [0.717, 1.165) is 29.7 Å². The lowest BCUT2D eigenvalue weighted by atomic mass is 9.77. The maximum atomic E-state index is 7.68. The molecule has 0 aliphatic rings. The molecule has 0 saturated carbocycles. The maximum absolute atomic E-state index is 7.68. The first kappa shape index (κ1) is 12.0.